The van der Waals surface area contributed by atoms with E-state index in [1.54, 1.807) is 23.5 Å². The van der Waals surface area contributed by atoms with Crippen LogP contribution in [0, 0.1) is 9.39 Å². The summed E-state index contributed by atoms with van der Waals surface area (Å²) in [4.78, 5) is 21.7. The van der Waals surface area contributed by atoms with E-state index in [-0.39, 0.29) is 24.1 Å². The number of hydrogen-bond donors (Lipinski definition) is 0. The maximum absolute atomic E-state index is 13.1. The molecular formula is C21H20ClFIN3OS. The molecule has 1 aliphatic heterocycles. The molecule has 29 heavy (non-hydrogen) atoms. The van der Waals surface area contributed by atoms with Crippen molar-refractivity contribution in [2.75, 3.05) is 26.2 Å². The first-order chi connectivity index (χ1) is 13.6. The van der Waals surface area contributed by atoms with E-state index in [9.17, 15) is 9.18 Å². The van der Waals surface area contributed by atoms with Crippen molar-refractivity contribution in [1.29, 1.82) is 0 Å². The maximum Gasteiger partial charge on any atom is 0.255 e. The normalized spacial score (nSPS) is 14.5. The lowest BCUT2D eigenvalue weighted by atomic mass is 10.2. The Morgan fingerprint density at radius 2 is 1.76 bits per heavy atom. The molecule has 1 saturated heterocycles. The Bertz CT molecular complexity index is 974. The van der Waals surface area contributed by atoms with Crippen LogP contribution in [0.5, 0.6) is 0 Å². The summed E-state index contributed by atoms with van der Waals surface area (Å²) in [5.41, 5.74) is 2.59. The van der Waals surface area contributed by atoms with E-state index >= 15 is 0 Å². The number of piperazine rings is 1. The minimum atomic E-state index is -0.239. The number of hydrogen-bond acceptors (Lipinski definition) is 4. The van der Waals surface area contributed by atoms with E-state index < -0.39 is 0 Å². The van der Waals surface area contributed by atoms with Gasteiger partial charge in [0, 0.05) is 40.7 Å². The summed E-state index contributed by atoms with van der Waals surface area (Å²) in [5, 5.41) is 3.05. The Kier molecular flexibility index (Phi) is 7.61. The third-order valence-electron chi connectivity index (χ3n) is 4.81. The minimum Gasteiger partial charge on any atom is -0.336 e. The second-order valence-electron chi connectivity index (χ2n) is 6.68. The van der Waals surface area contributed by atoms with Crippen molar-refractivity contribution in [3.8, 4) is 11.3 Å². The molecule has 1 amide bonds. The van der Waals surface area contributed by atoms with Gasteiger partial charge >= 0.3 is 0 Å². The first-order valence-corrected chi connectivity index (χ1v) is 11.0. The molecule has 1 fully saturated rings. The number of nitrogens with zero attached hydrogens (tertiary/aromatic N) is 3. The molecule has 4 rings (SSSR count). The van der Waals surface area contributed by atoms with Crippen LogP contribution in [0.15, 0.2) is 53.9 Å². The summed E-state index contributed by atoms with van der Waals surface area (Å²) in [6.07, 6.45) is 0. The summed E-state index contributed by atoms with van der Waals surface area (Å²) < 4.78 is 14.1. The van der Waals surface area contributed by atoms with E-state index in [2.05, 4.69) is 27.5 Å². The molecular weight excluding hydrogens is 524 g/mol. The second kappa shape index (κ2) is 9.97. The van der Waals surface area contributed by atoms with Gasteiger partial charge in [-0.1, -0.05) is 12.1 Å². The van der Waals surface area contributed by atoms with Gasteiger partial charge in [0.05, 0.1) is 17.8 Å². The maximum atomic E-state index is 13.1. The van der Waals surface area contributed by atoms with Crippen LogP contribution >= 0.6 is 46.3 Å². The van der Waals surface area contributed by atoms with E-state index in [0.29, 0.717) is 0 Å². The summed E-state index contributed by atoms with van der Waals surface area (Å²) in [6.45, 7) is 3.89. The summed E-state index contributed by atoms with van der Waals surface area (Å²) >= 11 is 3.83. The van der Waals surface area contributed by atoms with Crippen LogP contribution in [-0.2, 0) is 6.54 Å². The van der Waals surface area contributed by atoms with Crippen LogP contribution in [-0.4, -0.2) is 46.9 Å². The molecule has 0 radical (unpaired) electrons. The first-order valence-electron chi connectivity index (χ1n) is 9.06. The van der Waals surface area contributed by atoms with Crippen molar-refractivity contribution in [3.05, 3.63) is 73.9 Å². The molecule has 2 heterocycles. The Morgan fingerprint density at radius 1 is 1.07 bits per heavy atom. The number of amides is 1. The average Bonchev–Trinajstić information content (AvgIpc) is 3.17. The van der Waals surface area contributed by atoms with Crippen molar-refractivity contribution >= 4 is 52.2 Å². The topological polar surface area (TPSA) is 36.4 Å². The molecule has 0 atom stereocenters. The lowest BCUT2D eigenvalue weighted by Gasteiger charge is -2.34. The molecule has 3 aromatic rings. The molecule has 8 heteroatoms. The Balaban J connectivity index is 0.00000240. The van der Waals surface area contributed by atoms with Gasteiger partial charge in [0.2, 0.25) is 0 Å². The predicted molar refractivity (Wildman–Crippen MR) is 125 cm³/mol. The standard InChI is InChI=1S/C21H19FIN3OS.ClH/c22-16-7-5-15(6-8-16)19-14-28-20(24-19)13-25-9-11-26(12-10-25)21(27)17-3-1-2-4-18(17)23;/h1-8,14H,9-13H2;1H. The highest BCUT2D eigenvalue weighted by atomic mass is 127. The number of rotatable bonds is 4. The van der Waals surface area contributed by atoms with E-state index in [4.69, 9.17) is 4.98 Å². The van der Waals surface area contributed by atoms with Crippen LogP contribution in [0.25, 0.3) is 11.3 Å². The zero-order valence-electron chi connectivity index (χ0n) is 15.6. The predicted octanol–water partition coefficient (Wildman–Crippen LogP) is 4.93. The first kappa shape index (κ1) is 22.1. The van der Waals surface area contributed by atoms with E-state index in [1.807, 2.05) is 34.5 Å². The number of aromatic nitrogens is 1. The van der Waals surface area contributed by atoms with Gasteiger partial charge in [-0.25, -0.2) is 9.37 Å². The molecule has 152 valence electrons. The number of thiazole rings is 1. The molecule has 2 aromatic carbocycles. The molecule has 0 bridgehead atoms. The smallest absolute Gasteiger partial charge is 0.255 e. The molecule has 0 aliphatic carbocycles. The number of halogens is 3. The molecule has 1 aromatic heterocycles. The molecule has 0 saturated carbocycles. The van der Waals surface area contributed by atoms with Gasteiger partial charge in [0.15, 0.2) is 0 Å². The molecule has 0 unspecified atom stereocenters. The van der Waals surface area contributed by atoms with Gasteiger partial charge in [-0.05, 0) is 59.0 Å². The highest BCUT2D eigenvalue weighted by Crippen LogP contribution is 2.23. The highest BCUT2D eigenvalue weighted by molar-refractivity contribution is 14.1. The van der Waals surface area contributed by atoms with Gasteiger partial charge in [0.25, 0.3) is 5.91 Å². The van der Waals surface area contributed by atoms with Crippen molar-refractivity contribution in [2.45, 2.75) is 6.54 Å². The van der Waals surface area contributed by atoms with Gasteiger partial charge < -0.3 is 4.90 Å². The average molecular weight is 544 g/mol. The van der Waals surface area contributed by atoms with E-state index in [1.165, 1.54) is 12.1 Å². The Morgan fingerprint density at radius 3 is 2.45 bits per heavy atom. The fraction of sp³-hybridized carbons (Fsp3) is 0.238. The fourth-order valence-corrected chi connectivity index (χ4v) is 4.70. The molecule has 0 N–H and O–H groups in total. The SMILES string of the molecule is Cl.O=C(c1ccccc1I)N1CCN(Cc2nc(-c3ccc(F)cc3)cs2)CC1. The van der Waals surface area contributed by atoms with Gasteiger partial charge in [-0.15, -0.1) is 23.7 Å². The zero-order chi connectivity index (χ0) is 19.5. The van der Waals surface area contributed by atoms with Gasteiger partial charge in [0.1, 0.15) is 10.8 Å². The zero-order valence-corrected chi connectivity index (χ0v) is 19.3. The molecule has 0 spiro atoms. The fourth-order valence-electron chi connectivity index (χ4n) is 3.24. The minimum absolute atomic E-state index is 0. The molecule has 1 aliphatic rings. The third kappa shape index (κ3) is 5.33. The lowest BCUT2D eigenvalue weighted by Crippen LogP contribution is -2.48. The lowest BCUT2D eigenvalue weighted by molar-refractivity contribution is 0.0627. The van der Waals surface area contributed by atoms with Crippen molar-refractivity contribution < 1.29 is 9.18 Å². The number of benzene rings is 2. The monoisotopic (exact) mass is 543 g/mol. The van der Waals surface area contributed by atoms with Crippen molar-refractivity contribution in [1.82, 2.24) is 14.8 Å². The quantitative estimate of drug-likeness (QED) is 0.438. The number of carbonyl (C=O) groups excluding carboxylic acids is 1. The Hall–Kier alpha value is -1.55. The van der Waals surface area contributed by atoms with Crippen LogP contribution in [0.3, 0.4) is 0 Å². The Labute approximate surface area is 193 Å². The van der Waals surface area contributed by atoms with Crippen LogP contribution in [0.4, 0.5) is 4.39 Å². The van der Waals surface area contributed by atoms with Crippen LogP contribution in [0.2, 0.25) is 0 Å². The second-order valence-corrected chi connectivity index (χ2v) is 8.79. The van der Waals surface area contributed by atoms with Gasteiger partial charge in [-0.2, -0.15) is 0 Å². The van der Waals surface area contributed by atoms with Crippen LogP contribution in [0.1, 0.15) is 15.4 Å². The summed E-state index contributed by atoms with van der Waals surface area (Å²) in [7, 11) is 0. The summed E-state index contributed by atoms with van der Waals surface area (Å²) in [5.74, 6) is -0.130. The van der Waals surface area contributed by atoms with E-state index in [0.717, 1.165) is 58.1 Å². The van der Waals surface area contributed by atoms with Gasteiger partial charge in [-0.3, -0.25) is 9.69 Å². The van der Waals surface area contributed by atoms with Crippen LogP contribution < -0.4 is 0 Å². The number of carbonyl (C=O) groups is 1. The van der Waals surface area contributed by atoms with Crippen molar-refractivity contribution in [3.63, 3.8) is 0 Å². The third-order valence-corrected chi connectivity index (χ3v) is 6.59. The largest absolute Gasteiger partial charge is 0.336 e. The summed E-state index contributed by atoms with van der Waals surface area (Å²) in [6, 6.07) is 14.1. The van der Waals surface area contributed by atoms with Crippen molar-refractivity contribution in [2.24, 2.45) is 0 Å². The molecule has 4 nitrogen and oxygen atoms in total. The highest BCUT2D eigenvalue weighted by Gasteiger charge is 2.23.